The van der Waals surface area contributed by atoms with E-state index in [2.05, 4.69) is 48.5 Å². The van der Waals surface area contributed by atoms with E-state index in [9.17, 15) is 4.79 Å². The first-order chi connectivity index (χ1) is 16.0. The highest BCUT2D eigenvalue weighted by Gasteiger charge is 2.25. The number of hydrogen-bond donors (Lipinski definition) is 2. The van der Waals surface area contributed by atoms with Gasteiger partial charge < -0.3 is 30.1 Å². The van der Waals surface area contributed by atoms with Crippen LogP contribution in [0.25, 0.3) is 0 Å². The van der Waals surface area contributed by atoms with Gasteiger partial charge >= 0.3 is 0 Å². The normalized spacial score (nSPS) is 15.9. The fourth-order valence-electron chi connectivity index (χ4n) is 4.09. The second-order valence-electron chi connectivity index (χ2n) is 8.14. The van der Waals surface area contributed by atoms with Gasteiger partial charge in [0.1, 0.15) is 11.4 Å². The number of anilines is 6. The number of carbonyl (C=O) groups excluding carboxylic acids is 1. The number of piperazine rings is 1. The third-order valence-electron chi connectivity index (χ3n) is 6.04. The molecule has 10 nitrogen and oxygen atoms in total. The Balaban J connectivity index is 1.42. The fourth-order valence-corrected chi connectivity index (χ4v) is 4.09. The van der Waals surface area contributed by atoms with Crippen molar-refractivity contribution in [3.8, 4) is 5.75 Å². The van der Waals surface area contributed by atoms with E-state index in [1.165, 1.54) is 0 Å². The molecular weight excluding hydrogens is 420 g/mol. The number of aromatic nitrogens is 3. The summed E-state index contributed by atoms with van der Waals surface area (Å²) < 4.78 is 5.65. The van der Waals surface area contributed by atoms with Crippen LogP contribution in [0.2, 0.25) is 0 Å². The molecule has 0 aliphatic carbocycles. The first-order valence-corrected chi connectivity index (χ1v) is 10.8. The van der Waals surface area contributed by atoms with Gasteiger partial charge in [0.15, 0.2) is 5.82 Å². The van der Waals surface area contributed by atoms with Crippen LogP contribution in [0.4, 0.5) is 34.5 Å². The zero-order valence-electron chi connectivity index (χ0n) is 18.9. The summed E-state index contributed by atoms with van der Waals surface area (Å²) in [7, 11) is 5.64. The highest BCUT2D eigenvalue weighted by atomic mass is 16.5. The van der Waals surface area contributed by atoms with Crippen LogP contribution in [0.1, 0.15) is 10.4 Å². The molecule has 4 heterocycles. The van der Waals surface area contributed by atoms with E-state index in [1.54, 1.807) is 31.8 Å². The summed E-state index contributed by atoms with van der Waals surface area (Å²) >= 11 is 0. The van der Waals surface area contributed by atoms with Crippen LogP contribution >= 0.6 is 0 Å². The standard InChI is InChI=1S/C23H26N8O2/c1-29-8-10-31(11-9-29)15-4-5-17(20(12-15)33-3)27-23-25-13-18-21(28-23)30(2)19-14-24-7-6-16(19)22(32)26-18/h4-7,12-14H,8-11H2,1-3H3,(H,26,32)(H,25,27,28). The maximum absolute atomic E-state index is 12.6. The largest absolute Gasteiger partial charge is 0.494 e. The zero-order chi connectivity index (χ0) is 22.9. The highest BCUT2D eigenvalue weighted by Crippen LogP contribution is 2.36. The summed E-state index contributed by atoms with van der Waals surface area (Å²) in [5.74, 6) is 1.46. The minimum Gasteiger partial charge on any atom is -0.494 e. The van der Waals surface area contributed by atoms with Gasteiger partial charge in [-0.25, -0.2) is 4.98 Å². The Morgan fingerprint density at radius 3 is 2.70 bits per heavy atom. The maximum Gasteiger partial charge on any atom is 0.258 e. The monoisotopic (exact) mass is 446 g/mol. The predicted octanol–water partition coefficient (Wildman–Crippen LogP) is 2.71. The molecule has 1 aromatic carbocycles. The van der Waals surface area contributed by atoms with E-state index in [0.717, 1.165) is 37.6 Å². The minimum atomic E-state index is -0.219. The molecule has 2 aliphatic heterocycles. The molecule has 1 saturated heterocycles. The average Bonchev–Trinajstić information content (AvgIpc) is 2.95. The molecule has 0 atom stereocenters. The Bertz CT molecular complexity index is 1190. The number of likely N-dealkylation sites (N-methyl/N-ethyl adjacent to an activating group) is 1. The number of benzene rings is 1. The molecule has 0 bridgehead atoms. The lowest BCUT2D eigenvalue weighted by Crippen LogP contribution is -2.44. The molecular formula is C23H26N8O2. The van der Waals surface area contributed by atoms with Crippen molar-refractivity contribution < 1.29 is 9.53 Å². The van der Waals surface area contributed by atoms with Crippen molar-refractivity contribution >= 4 is 40.4 Å². The summed E-state index contributed by atoms with van der Waals surface area (Å²) in [4.78, 5) is 32.3. The van der Waals surface area contributed by atoms with Crippen LogP contribution in [-0.4, -0.2) is 73.1 Å². The molecule has 2 aromatic heterocycles. The van der Waals surface area contributed by atoms with Gasteiger partial charge in [-0.3, -0.25) is 9.78 Å². The Hall–Kier alpha value is -3.92. The number of methoxy groups -OCH3 is 1. The second kappa shape index (κ2) is 8.55. The van der Waals surface area contributed by atoms with E-state index in [-0.39, 0.29) is 5.91 Å². The second-order valence-corrected chi connectivity index (χ2v) is 8.14. The SMILES string of the molecule is COc1cc(N2CCN(C)CC2)ccc1Nc1ncc2c(n1)N(C)c1cnccc1C(=O)N2. The van der Waals surface area contributed by atoms with E-state index in [0.29, 0.717) is 34.5 Å². The van der Waals surface area contributed by atoms with Crippen LogP contribution in [-0.2, 0) is 0 Å². The number of nitrogens with zero attached hydrogens (tertiary/aromatic N) is 6. The number of rotatable bonds is 4. The van der Waals surface area contributed by atoms with Gasteiger partial charge in [-0.1, -0.05) is 0 Å². The summed E-state index contributed by atoms with van der Waals surface area (Å²) in [6.07, 6.45) is 4.85. The number of ether oxygens (including phenoxy) is 1. The number of pyridine rings is 1. The number of nitrogens with one attached hydrogen (secondary N) is 2. The van der Waals surface area contributed by atoms with Crippen molar-refractivity contribution in [2.24, 2.45) is 0 Å². The molecule has 1 fully saturated rings. The van der Waals surface area contributed by atoms with Crippen molar-refractivity contribution in [2.45, 2.75) is 0 Å². The van der Waals surface area contributed by atoms with Crippen molar-refractivity contribution in [2.75, 3.05) is 67.8 Å². The van der Waals surface area contributed by atoms with E-state index in [4.69, 9.17) is 4.74 Å². The van der Waals surface area contributed by atoms with Crippen molar-refractivity contribution in [3.05, 3.63) is 48.4 Å². The summed E-state index contributed by atoms with van der Waals surface area (Å²) in [6.45, 7) is 4.03. The molecule has 2 aliphatic rings. The number of fused-ring (bicyclic) bond motifs is 2. The molecule has 0 unspecified atom stereocenters. The number of hydrogen-bond acceptors (Lipinski definition) is 9. The van der Waals surface area contributed by atoms with Gasteiger partial charge in [-0.2, -0.15) is 4.98 Å². The predicted molar refractivity (Wildman–Crippen MR) is 128 cm³/mol. The maximum atomic E-state index is 12.6. The molecule has 2 N–H and O–H groups in total. The van der Waals surface area contributed by atoms with Crippen LogP contribution in [0.5, 0.6) is 5.75 Å². The third kappa shape index (κ3) is 4.00. The lowest BCUT2D eigenvalue weighted by Gasteiger charge is -2.34. The molecule has 3 aromatic rings. The van der Waals surface area contributed by atoms with E-state index < -0.39 is 0 Å². The average molecular weight is 447 g/mol. The van der Waals surface area contributed by atoms with E-state index in [1.807, 2.05) is 24.1 Å². The number of amides is 1. The van der Waals surface area contributed by atoms with Gasteiger partial charge in [-0.15, -0.1) is 0 Å². The quantitative estimate of drug-likeness (QED) is 0.627. The van der Waals surface area contributed by atoms with Gasteiger partial charge in [0.05, 0.1) is 36.4 Å². The Morgan fingerprint density at radius 1 is 1.09 bits per heavy atom. The first-order valence-electron chi connectivity index (χ1n) is 10.8. The minimum absolute atomic E-state index is 0.219. The molecule has 0 saturated carbocycles. The summed E-state index contributed by atoms with van der Waals surface area (Å²) in [5.41, 5.74) is 3.62. The van der Waals surface area contributed by atoms with Gasteiger partial charge in [0.25, 0.3) is 5.91 Å². The Kier molecular flexibility index (Phi) is 5.43. The lowest BCUT2D eigenvalue weighted by molar-refractivity contribution is 0.102. The smallest absolute Gasteiger partial charge is 0.258 e. The fraction of sp³-hybridized carbons (Fsp3) is 0.304. The van der Waals surface area contributed by atoms with Crippen molar-refractivity contribution in [1.82, 2.24) is 19.9 Å². The van der Waals surface area contributed by atoms with Crippen molar-refractivity contribution in [3.63, 3.8) is 0 Å². The van der Waals surface area contributed by atoms with Crippen LogP contribution in [0.15, 0.2) is 42.9 Å². The first kappa shape index (κ1) is 21.0. The van der Waals surface area contributed by atoms with E-state index >= 15 is 0 Å². The molecule has 1 amide bonds. The topological polar surface area (TPSA) is 98.8 Å². The van der Waals surface area contributed by atoms with Gasteiger partial charge in [0.2, 0.25) is 5.95 Å². The van der Waals surface area contributed by atoms with Gasteiger partial charge in [-0.05, 0) is 25.2 Å². The molecule has 33 heavy (non-hydrogen) atoms. The molecule has 5 rings (SSSR count). The zero-order valence-corrected chi connectivity index (χ0v) is 18.9. The Morgan fingerprint density at radius 2 is 1.91 bits per heavy atom. The van der Waals surface area contributed by atoms with Crippen LogP contribution < -0.4 is 25.2 Å². The molecule has 170 valence electrons. The molecule has 10 heteroatoms. The third-order valence-corrected chi connectivity index (χ3v) is 6.04. The Labute approximate surface area is 192 Å². The van der Waals surface area contributed by atoms with Crippen LogP contribution in [0.3, 0.4) is 0 Å². The lowest BCUT2D eigenvalue weighted by atomic mass is 10.2. The summed E-state index contributed by atoms with van der Waals surface area (Å²) in [5, 5.41) is 6.13. The summed E-state index contributed by atoms with van der Waals surface area (Å²) in [6, 6.07) is 7.78. The van der Waals surface area contributed by atoms with Crippen LogP contribution in [0, 0.1) is 0 Å². The molecule has 0 radical (unpaired) electrons. The molecule has 0 spiro atoms. The van der Waals surface area contributed by atoms with Gasteiger partial charge in [0, 0.05) is 51.2 Å². The number of carbonyl (C=O) groups is 1. The van der Waals surface area contributed by atoms with Crippen molar-refractivity contribution in [1.29, 1.82) is 0 Å². The highest BCUT2D eigenvalue weighted by molar-refractivity contribution is 6.11.